The number of hydrogen-bond acceptors (Lipinski definition) is 8. The van der Waals surface area contributed by atoms with E-state index in [9.17, 15) is 14.7 Å². The summed E-state index contributed by atoms with van der Waals surface area (Å²) < 4.78 is 17.3. The number of carbonyl (C=O) groups excluding carboxylic acids is 1. The summed E-state index contributed by atoms with van der Waals surface area (Å²) in [6.07, 6.45) is 0.923. The summed E-state index contributed by atoms with van der Waals surface area (Å²) in [5.41, 5.74) is 0.0477. The molecule has 1 N–H and O–H groups in total. The van der Waals surface area contributed by atoms with Crippen molar-refractivity contribution in [3.8, 4) is 17.4 Å². The zero-order valence-corrected chi connectivity index (χ0v) is 17.0. The number of esters is 1. The molecule has 0 saturated heterocycles. The average Bonchev–Trinajstić information content (AvgIpc) is 3.01. The van der Waals surface area contributed by atoms with E-state index in [4.69, 9.17) is 14.2 Å². The second-order valence-electron chi connectivity index (χ2n) is 6.25. The van der Waals surface area contributed by atoms with Gasteiger partial charge in [-0.25, -0.2) is 4.79 Å². The lowest BCUT2D eigenvalue weighted by molar-refractivity contribution is 0.0446. The van der Waals surface area contributed by atoms with Crippen molar-refractivity contribution in [2.24, 2.45) is 7.05 Å². The molecule has 0 saturated carbocycles. The first-order chi connectivity index (χ1) is 13.4. The van der Waals surface area contributed by atoms with Gasteiger partial charge in [0, 0.05) is 18.4 Å². The third kappa shape index (κ3) is 3.30. The first kappa shape index (κ1) is 20.1. The summed E-state index contributed by atoms with van der Waals surface area (Å²) in [4.78, 5) is 29.6. The number of methoxy groups -OCH3 is 2. The molecule has 2 aromatic rings. The van der Waals surface area contributed by atoms with E-state index in [1.54, 1.807) is 19.2 Å². The molecular weight excluding hydrogens is 384 g/mol. The van der Waals surface area contributed by atoms with Gasteiger partial charge in [0.1, 0.15) is 11.1 Å². The minimum atomic E-state index is -1.07. The van der Waals surface area contributed by atoms with E-state index >= 15 is 0 Å². The third-order valence-corrected chi connectivity index (χ3v) is 5.66. The van der Waals surface area contributed by atoms with Crippen LogP contribution in [0.2, 0.25) is 0 Å². The summed E-state index contributed by atoms with van der Waals surface area (Å²) in [6.45, 7) is 2.07. The van der Waals surface area contributed by atoms with Crippen LogP contribution in [0, 0.1) is 0 Å². The van der Waals surface area contributed by atoms with Crippen molar-refractivity contribution in [3.63, 3.8) is 0 Å². The molecule has 0 radical (unpaired) electrons. The number of thioether (sulfide) groups is 1. The van der Waals surface area contributed by atoms with E-state index < -0.39 is 23.5 Å². The zero-order valence-electron chi connectivity index (χ0n) is 16.1. The van der Waals surface area contributed by atoms with Crippen LogP contribution in [0.1, 0.15) is 47.4 Å². The van der Waals surface area contributed by atoms with Crippen molar-refractivity contribution in [3.05, 3.63) is 39.2 Å². The van der Waals surface area contributed by atoms with Gasteiger partial charge in [0.05, 0.1) is 14.2 Å². The molecule has 1 aliphatic heterocycles. The number of benzene rings is 1. The van der Waals surface area contributed by atoms with Gasteiger partial charge in [-0.15, -0.1) is 0 Å². The Bertz CT molecular complexity index is 972. The molecule has 0 unspecified atom stereocenters. The maximum atomic E-state index is 12.9. The molecule has 28 heavy (non-hydrogen) atoms. The van der Waals surface area contributed by atoms with Crippen LogP contribution in [-0.4, -0.2) is 40.6 Å². The number of unbranched alkanes of at least 4 members (excludes halogenated alkanes) is 1. The Morgan fingerprint density at radius 2 is 2.04 bits per heavy atom. The molecule has 1 atom stereocenters. The van der Waals surface area contributed by atoms with Gasteiger partial charge in [0.2, 0.25) is 5.88 Å². The van der Waals surface area contributed by atoms with Crippen LogP contribution in [0.3, 0.4) is 0 Å². The Morgan fingerprint density at radius 1 is 1.29 bits per heavy atom. The molecule has 1 aromatic heterocycles. The number of nitrogens with zero attached hydrogens (tertiary/aromatic N) is 2. The predicted octanol–water partition coefficient (Wildman–Crippen LogP) is 2.66. The zero-order chi connectivity index (χ0) is 20.4. The number of aromatic nitrogens is 2. The maximum absolute atomic E-state index is 12.9. The molecule has 1 aliphatic rings. The van der Waals surface area contributed by atoms with E-state index in [1.165, 1.54) is 30.5 Å². The molecule has 0 amide bonds. The van der Waals surface area contributed by atoms with Gasteiger partial charge in [-0.3, -0.25) is 9.36 Å². The fourth-order valence-electron chi connectivity index (χ4n) is 3.07. The second-order valence-corrected chi connectivity index (χ2v) is 7.31. The van der Waals surface area contributed by atoms with Crippen molar-refractivity contribution in [2.75, 3.05) is 20.0 Å². The average molecular weight is 406 g/mol. The molecule has 0 fully saturated rings. The predicted molar refractivity (Wildman–Crippen MR) is 104 cm³/mol. The lowest BCUT2D eigenvalue weighted by Crippen LogP contribution is -2.26. The lowest BCUT2D eigenvalue weighted by Gasteiger charge is -2.15. The number of aromatic hydroxyl groups is 1. The van der Waals surface area contributed by atoms with Gasteiger partial charge < -0.3 is 19.3 Å². The Hall–Kier alpha value is -2.68. The first-order valence-corrected chi connectivity index (χ1v) is 9.81. The first-order valence-electron chi connectivity index (χ1n) is 8.83. The molecule has 1 aromatic carbocycles. The fourth-order valence-corrected chi connectivity index (χ4v) is 4.11. The molecule has 0 bridgehead atoms. The highest BCUT2D eigenvalue weighted by Gasteiger charge is 2.40. The van der Waals surface area contributed by atoms with Crippen LogP contribution in [0.15, 0.2) is 22.1 Å². The Labute approximate surface area is 166 Å². The summed E-state index contributed by atoms with van der Waals surface area (Å²) in [5.74, 6) is 0.287. The van der Waals surface area contributed by atoms with Crippen molar-refractivity contribution in [2.45, 2.75) is 31.0 Å². The van der Waals surface area contributed by atoms with Crippen molar-refractivity contribution in [1.82, 2.24) is 9.55 Å². The number of cyclic esters (lactones) is 1. The van der Waals surface area contributed by atoms with Crippen LogP contribution < -0.4 is 15.0 Å². The Morgan fingerprint density at radius 3 is 2.68 bits per heavy atom. The topological polar surface area (TPSA) is 99.9 Å². The largest absolute Gasteiger partial charge is 0.493 e. The Kier molecular flexibility index (Phi) is 5.83. The highest BCUT2D eigenvalue weighted by atomic mass is 32.2. The van der Waals surface area contributed by atoms with Crippen LogP contribution in [-0.2, 0) is 11.8 Å². The summed E-state index contributed by atoms with van der Waals surface area (Å²) in [5, 5.41) is 10.9. The lowest BCUT2D eigenvalue weighted by atomic mass is 9.99. The second kappa shape index (κ2) is 8.14. The quantitative estimate of drug-likeness (QED) is 0.324. The molecule has 0 spiro atoms. The van der Waals surface area contributed by atoms with Crippen LogP contribution >= 0.6 is 11.8 Å². The van der Waals surface area contributed by atoms with Gasteiger partial charge in [0.25, 0.3) is 5.56 Å². The number of rotatable bonds is 7. The molecule has 2 heterocycles. The summed E-state index contributed by atoms with van der Waals surface area (Å²) >= 11 is 1.40. The molecule has 9 heteroatoms. The molecular formula is C19H22N2O6S. The van der Waals surface area contributed by atoms with Crippen molar-refractivity contribution < 1.29 is 24.1 Å². The summed E-state index contributed by atoms with van der Waals surface area (Å²) in [6, 6.07) is 3.24. The minimum Gasteiger partial charge on any atom is -0.493 e. The van der Waals surface area contributed by atoms with E-state index in [-0.39, 0.29) is 16.9 Å². The molecule has 8 nitrogen and oxygen atoms in total. The van der Waals surface area contributed by atoms with E-state index in [0.717, 1.165) is 18.6 Å². The van der Waals surface area contributed by atoms with Crippen LogP contribution in [0.4, 0.5) is 0 Å². The van der Waals surface area contributed by atoms with Crippen molar-refractivity contribution >= 4 is 17.7 Å². The monoisotopic (exact) mass is 406 g/mol. The molecule has 0 aliphatic carbocycles. The SMILES string of the molecule is CCCCSc1nc(O)c([C@@H]2OC(=O)c3c2ccc(OC)c3OC)c(=O)n1C. The van der Waals surface area contributed by atoms with Gasteiger partial charge in [-0.1, -0.05) is 31.2 Å². The van der Waals surface area contributed by atoms with Crippen molar-refractivity contribution in [1.29, 1.82) is 0 Å². The highest BCUT2D eigenvalue weighted by molar-refractivity contribution is 7.99. The fraction of sp³-hybridized carbons (Fsp3) is 0.421. The molecule has 150 valence electrons. The Balaban J connectivity index is 2.09. The summed E-state index contributed by atoms with van der Waals surface area (Å²) in [7, 11) is 4.46. The van der Waals surface area contributed by atoms with E-state index in [1.807, 2.05) is 0 Å². The smallest absolute Gasteiger partial charge is 0.343 e. The van der Waals surface area contributed by atoms with Gasteiger partial charge >= 0.3 is 5.97 Å². The number of fused-ring (bicyclic) bond motifs is 1. The van der Waals surface area contributed by atoms with Gasteiger partial charge in [0.15, 0.2) is 22.8 Å². The van der Waals surface area contributed by atoms with E-state index in [2.05, 4.69) is 11.9 Å². The maximum Gasteiger partial charge on any atom is 0.343 e. The highest BCUT2D eigenvalue weighted by Crippen LogP contribution is 2.44. The number of carbonyl (C=O) groups is 1. The van der Waals surface area contributed by atoms with E-state index in [0.29, 0.717) is 16.5 Å². The number of ether oxygens (including phenoxy) is 3. The third-order valence-electron chi connectivity index (χ3n) is 4.54. The van der Waals surface area contributed by atoms with Crippen LogP contribution in [0.25, 0.3) is 0 Å². The standard InChI is InChI=1S/C19H22N2O6S/c1-5-6-9-28-19-20-16(22)13(17(23)21(19)2)14-10-7-8-11(25-3)15(26-4)12(10)18(24)27-14/h7-8,14,22H,5-6,9H2,1-4H3/t14-/m1/s1. The van der Waals surface area contributed by atoms with Gasteiger partial charge in [-0.2, -0.15) is 4.98 Å². The van der Waals surface area contributed by atoms with Crippen LogP contribution in [0.5, 0.6) is 17.4 Å². The molecule has 3 rings (SSSR count). The normalized spacial score (nSPS) is 15.3. The van der Waals surface area contributed by atoms with Gasteiger partial charge in [-0.05, 0) is 12.5 Å². The minimum absolute atomic E-state index is 0.0818. The number of hydrogen-bond donors (Lipinski definition) is 1.